The van der Waals surface area contributed by atoms with E-state index in [1.54, 1.807) is 25.1 Å². The summed E-state index contributed by atoms with van der Waals surface area (Å²) in [6, 6.07) is 12.8. The molecule has 0 spiro atoms. The highest BCUT2D eigenvalue weighted by Crippen LogP contribution is 2.40. The highest BCUT2D eigenvalue weighted by atomic mass is 35.5. The van der Waals surface area contributed by atoms with E-state index in [0.717, 1.165) is 11.1 Å². The zero-order valence-corrected chi connectivity index (χ0v) is 17.3. The standard InChI is InChI=1S/C22H25ClN2O4/c1-3-29-21(27)25-19-10-6-9-18(15(19)2)24-20(26)22(11-13-28-14-12-22)16-7-4-5-8-17(16)23/h4-10H,3,11-14H2,1-2H3,(H,24,26)(H,25,27). The van der Waals surface area contributed by atoms with Crippen molar-refractivity contribution < 1.29 is 19.1 Å². The van der Waals surface area contributed by atoms with Crippen LogP contribution in [0.1, 0.15) is 30.9 Å². The summed E-state index contributed by atoms with van der Waals surface area (Å²) in [4.78, 5) is 25.3. The Balaban J connectivity index is 1.89. The molecule has 1 saturated heterocycles. The van der Waals surface area contributed by atoms with E-state index in [4.69, 9.17) is 21.1 Å². The predicted molar refractivity (Wildman–Crippen MR) is 114 cm³/mol. The highest BCUT2D eigenvalue weighted by Gasteiger charge is 2.43. The molecule has 0 atom stereocenters. The van der Waals surface area contributed by atoms with E-state index in [9.17, 15) is 9.59 Å². The Morgan fingerprint density at radius 3 is 2.38 bits per heavy atom. The van der Waals surface area contributed by atoms with Gasteiger partial charge in [0.15, 0.2) is 0 Å². The number of halogens is 1. The maximum Gasteiger partial charge on any atom is 0.411 e. The van der Waals surface area contributed by atoms with Crippen molar-refractivity contribution in [3.8, 4) is 0 Å². The van der Waals surface area contributed by atoms with Gasteiger partial charge in [-0.15, -0.1) is 0 Å². The van der Waals surface area contributed by atoms with Crippen LogP contribution >= 0.6 is 11.6 Å². The molecular formula is C22H25ClN2O4. The van der Waals surface area contributed by atoms with Crippen LogP contribution in [-0.2, 0) is 19.7 Å². The van der Waals surface area contributed by atoms with Gasteiger partial charge in [0.2, 0.25) is 5.91 Å². The summed E-state index contributed by atoms with van der Waals surface area (Å²) < 4.78 is 10.4. The molecular weight excluding hydrogens is 392 g/mol. The van der Waals surface area contributed by atoms with E-state index in [-0.39, 0.29) is 12.5 Å². The van der Waals surface area contributed by atoms with E-state index in [0.29, 0.717) is 42.5 Å². The van der Waals surface area contributed by atoms with E-state index in [1.165, 1.54) is 0 Å². The summed E-state index contributed by atoms with van der Waals surface area (Å²) in [6.45, 7) is 4.84. The van der Waals surface area contributed by atoms with Gasteiger partial charge < -0.3 is 14.8 Å². The molecule has 7 heteroatoms. The molecule has 1 heterocycles. The monoisotopic (exact) mass is 416 g/mol. The summed E-state index contributed by atoms with van der Waals surface area (Å²) in [5.74, 6) is -0.134. The molecule has 0 radical (unpaired) electrons. The number of amides is 2. The minimum absolute atomic E-state index is 0.134. The summed E-state index contributed by atoms with van der Waals surface area (Å²) in [5.41, 5.74) is 1.99. The van der Waals surface area contributed by atoms with Gasteiger partial charge in [-0.2, -0.15) is 0 Å². The van der Waals surface area contributed by atoms with Gasteiger partial charge in [-0.25, -0.2) is 4.79 Å². The molecule has 1 aliphatic heterocycles. The molecule has 154 valence electrons. The first-order valence-electron chi connectivity index (χ1n) is 9.65. The fraction of sp³-hybridized carbons (Fsp3) is 0.364. The molecule has 29 heavy (non-hydrogen) atoms. The summed E-state index contributed by atoms with van der Waals surface area (Å²) in [7, 11) is 0. The van der Waals surface area contributed by atoms with E-state index in [1.807, 2.05) is 31.2 Å². The fourth-order valence-electron chi connectivity index (χ4n) is 3.61. The molecule has 0 aliphatic carbocycles. The normalized spacial score (nSPS) is 15.4. The average molecular weight is 417 g/mol. The first-order chi connectivity index (χ1) is 14.0. The topological polar surface area (TPSA) is 76.7 Å². The lowest BCUT2D eigenvalue weighted by Gasteiger charge is -2.37. The highest BCUT2D eigenvalue weighted by molar-refractivity contribution is 6.32. The van der Waals surface area contributed by atoms with Crippen molar-refractivity contribution in [3.05, 3.63) is 58.6 Å². The Hall–Kier alpha value is -2.57. The van der Waals surface area contributed by atoms with Crippen molar-refractivity contribution in [1.82, 2.24) is 0 Å². The van der Waals surface area contributed by atoms with Crippen molar-refractivity contribution in [3.63, 3.8) is 0 Å². The molecule has 0 aromatic heterocycles. The van der Waals surface area contributed by atoms with Gasteiger partial charge >= 0.3 is 6.09 Å². The Morgan fingerprint density at radius 1 is 1.07 bits per heavy atom. The number of nitrogens with one attached hydrogen (secondary N) is 2. The fourth-order valence-corrected chi connectivity index (χ4v) is 3.93. The van der Waals surface area contributed by atoms with Crippen molar-refractivity contribution in [1.29, 1.82) is 0 Å². The molecule has 2 aromatic carbocycles. The third-order valence-electron chi connectivity index (χ3n) is 5.26. The number of benzene rings is 2. The maximum absolute atomic E-state index is 13.5. The molecule has 0 bridgehead atoms. The number of hydrogen-bond donors (Lipinski definition) is 2. The molecule has 2 aromatic rings. The smallest absolute Gasteiger partial charge is 0.411 e. The number of carbonyl (C=O) groups excluding carboxylic acids is 2. The van der Waals surface area contributed by atoms with Crippen LogP contribution in [0.25, 0.3) is 0 Å². The van der Waals surface area contributed by atoms with Crippen LogP contribution in [0.5, 0.6) is 0 Å². The zero-order chi connectivity index (χ0) is 20.9. The SMILES string of the molecule is CCOC(=O)Nc1cccc(NC(=O)C2(c3ccccc3Cl)CCOCC2)c1C. The summed E-state index contributed by atoms with van der Waals surface area (Å²) >= 11 is 6.46. The van der Waals surface area contributed by atoms with Crippen molar-refractivity contribution >= 4 is 35.0 Å². The lowest BCUT2D eigenvalue weighted by Crippen LogP contribution is -2.45. The molecule has 3 rings (SSSR count). The lowest BCUT2D eigenvalue weighted by molar-refractivity contribution is -0.125. The molecule has 0 unspecified atom stereocenters. The lowest BCUT2D eigenvalue weighted by atomic mass is 9.73. The van der Waals surface area contributed by atoms with Crippen LogP contribution in [0.4, 0.5) is 16.2 Å². The van der Waals surface area contributed by atoms with Gasteiger partial charge in [-0.3, -0.25) is 10.1 Å². The minimum Gasteiger partial charge on any atom is -0.450 e. The Morgan fingerprint density at radius 2 is 1.72 bits per heavy atom. The Labute approximate surface area is 175 Å². The summed E-state index contributed by atoms with van der Waals surface area (Å²) in [5, 5.41) is 6.32. The number of carbonyl (C=O) groups is 2. The minimum atomic E-state index is -0.770. The van der Waals surface area contributed by atoms with Gasteiger partial charge in [-0.1, -0.05) is 35.9 Å². The van der Waals surface area contributed by atoms with Crippen LogP contribution < -0.4 is 10.6 Å². The van der Waals surface area contributed by atoms with Gasteiger partial charge in [0.1, 0.15) is 0 Å². The Bertz CT molecular complexity index is 894. The molecule has 1 aliphatic rings. The largest absolute Gasteiger partial charge is 0.450 e. The van der Waals surface area contributed by atoms with Crippen LogP contribution in [0.2, 0.25) is 5.02 Å². The maximum atomic E-state index is 13.5. The number of anilines is 2. The summed E-state index contributed by atoms with van der Waals surface area (Å²) in [6.07, 6.45) is 0.557. The third kappa shape index (κ3) is 4.54. The average Bonchev–Trinajstić information content (AvgIpc) is 2.72. The predicted octanol–water partition coefficient (Wildman–Crippen LogP) is 4.90. The van der Waals surface area contributed by atoms with Crippen molar-refractivity contribution in [2.45, 2.75) is 32.1 Å². The molecule has 1 fully saturated rings. The second-order valence-electron chi connectivity index (χ2n) is 6.95. The second-order valence-corrected chi connectivity index (χ2v) is 7.36. The van der Waals surface area contributed by atoms with Crippen LogP contribution in [0.15, 0.2) is 42.5 Å². The van der Waals surface area contributed by atoms with Gasteiger partial charge in [0, 0.05) is 29.6 Å². The van der Waals surface area contributed by atoms with Crippen molar-refractivity contribution in [2.24, 2.45) is 0 Å². The molecule has 2 N–H and O–H groups in total. The third-order valence-corrected chi connectivity index (χ3v) is 5.59. The molecule has 6 nitrogen and oxygen atoms in total. The van der Waals surface area contributed by atoms with Gasteiger partial charge in [0.05, 0.1) is 12.0 Å². The Kier molecular flexibility index (Phi) is 6.77. The number of hydrogen-bond acceptors (Lipinski definition) is 4. The first-order valence-corrected chi connectivity index (χ1v) is 10.0. The van der Waals surface area contributed by atoms with Crippen LogP contribution in [-0.4, -0.2) is 31.8 Å². The van der Waals surface area contributed by atoms with E-state index < -0.39 is 11.5 Å². The van der Waals surface area contributed by atoms with Gasteiger partial charge in [-0.05, 0) is 56.0 Å². The van der Waals surface area contributed by atoms with E-state index >= 15 is 0 Å². The number of rotatable bonds is 5. The first kappa shape index (κ1) is 21.1. The van der Waals surface area contributed by atoms with Crippen LogP contribution in [0.3, 0.4) is 0 Å². The van der Waals surface area contributed by atoms with Gasteiger partial charge in [0.25, 0.3) is 0 Å². The van der Waals surface area contributed by atoms with Crippen molar-refractivity contribution in [2.75, 3.05) is 30.5 Å². The van der Waals surface area contributed by atoms with Crippen LogP contribution in [0, 0.1) is 6.92 Å². The quantitative estimate of drug-likeness (QED) is 0.726. The van der Waals surface area contributed by atoms with E-state index in [2.05, 4.69) is 10.6 Å². The number of ether oxygens (including phenoxy) is 2. The zero-order valence-electron chi connectivity index (χ0n) is 16.6. The molecule has 2 amide bonds. The molecule has 0 saturated carbocycles. The second kappa shape index (κ2) is 9.29.